The molecule has 0 aliphatic rings. The zero-order valence-corrected chi connectivity index (χ0v) is 12.9. The van der Waals surface area contributed by atoms with E-state index in [0.717, 1.165) is 21.1 Å². The van der Waals surface area contributed by atoms with E-state index in [1.54, 1.807) is 6.07 Å². The summed E-state index contributed by atoms with van der Waals surface area (Å²) in [4.78, 5) is 16.9. The molecular formula is C13H12F3NO2S2. The molecule has 0 aliphatic carbocycles. The highest BCUT2D eigenvalue weighted by atomic mass is 32.1. The molecular weight excluding hydrogens is 323 g/mol. The molecule has 2 aromatic rings. The van der Waals surface area contributed by atoms with Crippen molar-refractivity contribution in [3.63, 3.8) is 0 Å². The van der Waals surface area contributed by atoms with E-state index in [-0.39, 0.29) is 11.3 Å². The van der Waals surface area contributed by atoms with E-state index >= 15 is 0 Å². The molecule has 2 heterocycles. The Balaban J connectivity index is 1.98. The van der Waals surface area contributed by atoms with Gasteiger partial charge in [0.1, 0.15) is 6.61 Å². The van der Waals surface area contributed by atoms with Gasteiger partial charge in [-0.3, -0.25) is 4.79 Å². The van der Waals surface area contributed by atoms with Gasteiger partial charge in [0.25, 0.3) is 0 Å². The van der Waals surface area contributed by atoms with Crippen LogP contribution in [0.15, 0.2) is 12.1 Å². The first-order chi connectivity index (χ1) is 9.75. The van der Waals surface area contributed by atoms with Crippen molar-refractivity contribution in [3.05, 3.63) is 37.5 Å². The zero-order chi connectivity index (χ0) is 15.6. The van der Waals surface area contributed by atoms with E-state index in [9.17, 15) is 18.0 Å². The van der Waals surface area contributed by atoms with Gasteiger partial charge in [0.05, 0.1) is 16.3 Å². The molecule has 0 bridgehead atoms. The number of aryl methyl sites for hydroxylation is 2. The van der Waals surface area contributed by atoms with Crippen molar-refractivity contribution in [2.75, 3.05) is 0 Å². The van der Waals surface area contributed by atoms with Crippen LogP contribution >= 0.6 is 22.7 Å². The summed E-state index contributed by atoms with van der Waals surface area (Å²) in [6.45, 7) is 3.00. The van der Waals surface area contributed by atoms with E-state index < -0.39 is 24.4 Å². The number of rotatable bonds is 4. The number of alkyl halides is 3. The van der Waals surface area contributed by atoms with Crippen molar-refractivity contribution in [1.29, 1.82) is 0 Å². The third kappa shape index (κ3) is 4.28. The number of aromatic nitrogens is 1. The molecule has 0 saturated carbocycles. The summed E-state index contributed by atoms with van der Waals surface area (Å²) >= 11 is 2.35. The van der Waals surface area contributed by atoms with E-state index in [1.807, 2.05) is 13.0 Å². The Morgan fingerprint density at radius 1 is 1.29 bits per heavy atom. The highest BCUT2D eigenvalue weighted by Crippen LogP contribution is 2.34. The highest BCUT2D eigenvalue weighted by molar-refractivity contribution is 7.12. The van der Waals surface area contributed by atoms with Crippen LogP contribution < -0.4 is 0 Å². The van der Waals surface area contributed by atoms with Crippen LogP contribution in [0.4, 0.5) is 13.2 Å². The largest absolute Gasteiger partial charge is 0.460 e. The lowest BCUT2D eigenvalue weighted by atomic mass is 10.3. The Bertz CT molecular complexity index is 646. The Morgan fingerprint density at radius 2 is 2.00 bits per heavy atom. The average Bonchev–Trinajstić information content (AvgIpc) is 2.92. The van der Waals surface area contributed by atoms with Crippen molar-refractivity contribution in [2.24, 2.45) is 0 Å². The van der Waals surface area contributed by atoms with Gasteiger partial charge < -0.3 is 4.74 Å². The van der Waals surface area contributed by atoms with Crippen LogP contribution in [0.5, 0.6) is 0 Å². The van der Waals surface area contributed by atoms with E-state index in [4.69, 9.17) is 4.74 Å². The number of halogens is 3. The van der Waals surface area contributed by atoms with Crippen LogP contribution in [0.25, 0.3) is 0 Å². The lowest BCUT2D eigenvalue weighted by molar-refractivity contribution is -0.148. The summed E-state index contributed by atoms with van der Waals surface area (Å²) in [7, 11) is 0. The van der Waals surface area contributed by atoms with Crippen LogP contribution in [0.2, 0.25) is 0 Å². The maximum absolute atomic E-state index is 12.7. The molecule has 8 heteroatoms. The smallest absolute Gasteiger partial charge is 0.434 e. The first kappa shape index (κ1) is 16.0. The van der Waals surface area contributed by atoms with Gasteiger partial charge in [0.15, 0.2) is 5.69 Å². The fourth-order valence-corrected chi connectivity index (χ4v) is 3.45. The van der Waals surface area contributed by atoms with Gasteiger partial charge in [-0.05, 0) is 26.0 Å². The van der Waals surface area contributed by atoms with Gasteiger partial charge >= 0.3 is 12.1 Å². The van der Waals surface area contributed by atoms with Crippen molar-refractivity contribution < 1.29 is 22.7 Å². The molecule has 0 aliphatic heterocycles. The third-order valence-corrected chi connectivity index (χ3v) is 4.50. The van der Waals surface area contributed by atoms with Gasteiger partial charge in [0.2, 0.25) is 0 Å². The number of carbonyl (C=O) groups excluding carboxylic acids is 1. The maximum Gasteiger partial charge on any atom is 0.434 e. The standard InChI is InChI=1S/C13H12F3NO2S2/c1-7-3-4-9(20-7)5-11(18)19-6-10-12(13(14,15)16)17-8(2)21-10/h3-4H,5-6H2,1-2H3. The van der Waals surface area contributed by atoms with Crippen LogP contribution in [0, 0.1) is 13.8 Å². The highest BCUT2D eigenvalue weighted by Gasteiger charge is 2.37. The summed E-state index contributed by atoms with van der Waals surface area (Å²) in [5.41, 5.74) is -0.968. The first-order valence-corrected chi connectivity index (χ1v) is 7.63. The van der Waals surface area contributed by atoms with Gasteiger partial charge in [-0.1, -0.05) is 0 Å². The summed E-state index contributed by atoms with van der Waals surface area (Å²) in [5.74, 6) is -0.545. The van der Waals surface area contributed by atoms with Gasteiger partial charge in [-0.2, -0.15) is 13.2 Å². The van der Waals surface area contributed by atoms with Gasteiger partial charge in [0, 0.05) is 9.75 Å². The molecule has 114 valence electrons. The molecule has 0 aromatic carbocycles. The van der Waals surface area contributed by atoms with Crippen molar-refractivity contribution >= 4 is 28.6 Å². The Labute approximate surface area is 127 Å². The monoisotopic (exact) mass is 335 g/mol. The van der Waals surface area contributed by atoms with Crippen molar-refractivity contribution in [1.82, 2.24) is 4.98 Å². The summed E-state index contributed by atoms with van der Waals surface area (Å²) in [6, 6.07) is 3.68. The van der Waals surface area contributed by atoms with Crippen molar-refractivity contribution in [2.45, 2.75) is 33.1 Å². The zero-order valence-electron chi connectivity index (χ0n) is 11.3. The minimum Gasteiger partial charge on any atom is -0.460 e. The second-order valence-electron chi connectivity index (χ2n) is 4.35. The number of carbonyl (C=O) groups is 1. The number of thiazole rings is 1. The number of hydrogen-bond donors (Lipinski definition) is 0. The SMILES string of the molecule is Cc1ccc(CC(=O)OCc2sc(C)nc2C(F)(F)F)s1. The Morgan fingerprint density at radius 3 is 2.57 bits per heavy atom. The first-order valence-electron chi connectivity index (χ1n) is 6.00. The summed E-state index contributed by atoms with van der Waals surface area (Å²) in [6.07, 6.45) is -4.46. The predicted octanol–water partition coefficient (Wildman–Crippen LogP) is 4.13. The van der Waals surface area contributed by atoms with E-state index in [2.05, 4.69) is 4.98 Å². The molecule has 2 aromatic heterocycles. The number of esters is 1. The molecule has 0 saturated heterocycles. The van der Waals surface area contributed by atoms with E-state index in [1.165, 1.54) is 18.3 Å². The fraction of sp³-hybridized carbons (Fsp3) is 0.385. The predicted molar refractivity (Wildman–Crippen MR) is 74.4 cm³/mol. The van der Waals surface area contributed by atoms with Crippen LogP contribution in [0.1, 0.15) is 25.3 Å². The molecule has 0 N–H and O–H groups in total. The molecule has 3 nitrogen and oxygen atoms in total. The van der Waals surface area contributed by atoms with Crippen molar-refractivity contribution in [3.8, 4) is 0 Å². The van der Waals surface area contributed by atoms with Crippen LogP contribution in [-0.2, 0) is 28.7 Å². The number of hydrogen-bond acceptors (Lipinski definition) is 5. The van der Waals surface area contributed by atoms with Crippen LogP contribution in [0.3, 0.4) is 0 Å². The molecule has 0 amide bonds. The lowest BCUT2D eigenvalue weighted by Crippen LogP contribution is -2.12. The number of ether oxygens (including phenoxy) is 1. The van der Waals surface area contributed by atoms with Gasteiger partial charge in [-0.25, -0.2) is 4.98 Å². The van der Waals surface area contributed by atoms with E-state index in [0.29, 0.717) is 5.01 Å². The molecule has 0 unspecified atom stereocenters. The van der Waals surface area contributed by atoms with Gasteiger partial charge in [-0.15, -0.1) is 22.7 Å². The average molecular weight is 335 g/mol. The fourth-order valence-electron chi connectivity index (χ4n) is 1.71. The lowest BCUT2D eigenvalue weighted by Gasteiger charge is -2.07. The minimum absolute atomic E-state index is 0.0671. The third-order valence-electron chi connectivity index (χ3n) is 2.55. The molecule has 0 spiro atoms. The molecule has 0 fully saturated rings. The summed E-state index contributed by atoms with van der Waals surface area (Å²) < 4.78 is 43.2. The minimum atomic E-state index is -4.53. The quantitative estimate of drug-likeness (QED) is 0.789. The second-order valence-corrected chi connectivity index (χ2v) is 7.01. The van der Waals surface area contributed by atoms with Crippen LogP contribution in [-0.4, -0.2) is 11.0 Å². The topological polar surface area (TPSA) is 39.2 Å². The Hall–Kier alpha value is -1.41. The summed E-state index contributed by atoms with van der Waals surface area (Å²) in [5, 5.41) is 0.294. The maximum atomic E-state index is 12.7. The second kappa shape index (κ2) is 6.15. The number of thiophene rings is 1. The molecule has 0 atom stereocenters. The Kier molecular flexibility index (Phi) is 4.67. The molecule has 21 heavy (non-hydrogen) atoms. The normalized spacial score (nSPS) is 11.7. The molecule has 2 rings (SSSR count). The molecule has 0 radical (unpaired) electrons. The number of nitrogens with zero attached hydrogens (tertiary/aromatic N) is 1.